The van der Waals surface area contributed by atoms with E-state index in [2.05, 4.69) is 5.32 Å². The number of hydrogen-bond acceptors (Lipinski definition) is 4. The number of phenolic OH excluding ortho intramolecular Hbond substituents is 1. The number of nitrogens with zero attached hydrogens (tertiary/aromatic N) is 1. The lowest BCUT2D eigenvalue weighted by atomic mass is 10.1. The summed E-state index contributed by atoms with van der Waals surface area (Å²) in [7, 11) is 0. The molecule has 116 valence electrons. The normalized spacial score (nSPS) is 13.7. The van der Waals surface area contributed by atoms with E-state index in [4.69, 9.17) is 0 Å². The fraction of sp³-hybridized carbons (Fsp3) is 0.467. The summed E-state index contributed by atoms with van der Waals surface area (Å²) in [5.41, 5.74) is 0.378. The van der Waals surface area contributed by atoms with E-state index in [1.54, 1.807) is 11.8 Å². The number of carbonyl (C=O) groups is 2. The molecule has 0 saturated carbocycles. The summed E-state index contributed by atoms with van der Waals surface area (Å²) >= 11 is 0. The van der Waals surface area contributed by atoms with Gasteiger partial charge in [-0.15, -0.1) is 0 Å². The molecule has 0 aliphatic rings. The third kappa shape index (κ3) is 4.46. The number of carboxylic acid groups (broad SMARTS) is 1. The van der Waals surface area contributed by atoms with Gasteiger partial charge in [0.1, 0.15) is 11.8 Å². The van der Waals surface area contributed by atoms with E-state index in [-0.39, 0.29) is 11.7 Å². The lowest BCUT2D eigenvalue weighted by Gasteiger charge is -2.31. The Labute approximate surface area is 124 Å². The number of carbonyl (C=O) groups excluding carboxylic acids is 1. The van der Waals surface area contributed by atoms with Gasteiger partial charge in [0, 0.05) is 5.56 Å². The van der Waals surface area contributed by atoms with Gasteiger partial charge < -0.3 is 15.5 Å². The number of rotatable bonds is 7. The average molecular weight is 294 g/mol. The van der Waals surface area contributed by atoms with Crippen molar-refractivity contribution in [2.45, 2.75) is 32.9 Å². The lowest BCUT2D eigenvalue weighted by Crippen LogP contribution is -2.54. The maximum Gasteiger partial charge on any atom is 0.323 e. The summed E-state index contributed by atoms with van der Waals surface area (Å²) in [5, 5.41) is 21.3. The van der Waals surface area contributed by atoms with E-state index in [0.29, 0.717) is 18.7 Å². The second-order valence-electron chi connectivity index (χ2n) is 4.81. The van der Waals surface area contributed by atoms with E-state index in [1.807, 2.05) is 13.8 Å². The summed E-state index contributed by atoms with van der Waals surface area (Å²) in [4.78, 5) is 25.3. The molecule has 1 rings (SSSR count). The van der Waals surface area contributed by atoms with Crippen LogP contribution in [-0.2, 0) is 4.79 Å². The van der Waals surface area contributed by atoms with E-state index in [9.17, 15) is 19.8 Å². The van der Waals surface area contributed by atoms with E-state index in [0.717, 1.165) is 0 Å². The predicted molar refractivity (Wildman–Crippen MR) is 79.4 cm³/mol. The zero-order chi connectivity index (χ0) is 16.0. The highest BCUT2D eigenvalue weighted by Gasteiger charge is 2.30. The van der Waals surface area contributed by atoms with Crippen LogP contribution >= 0.6 is 0 Å². The van der Waals surface area contributed by atoms with Crippen LogP contribution in [0, 0.1) is 0 Å². The maximum atomic E-state index is 12.1. The van der Waals surface area contributed by atoms with Crippen LogP contribution in [0.15, 0.2) is 24.3 Å². The molecule has 1 aromatic rings. The van der Waals surface area contributed by atoms with Crippen molar-refractivity contribution in [1.29, 1.82) is 0 Å². The quantitative estimate of drug-likeness (QED) is 0.705. The van der Waals surface area contributed by atoms with Crippen LogP contribution in [0.2, 0.25) is 0 Å². The summed E-state index contributed by atoms with van der Waals surface area (Å²) < 4.78 is 0. The van der Waals surface area contributed by atoms with Crippen molar-refractivity contribution in [3.05, 3.63) is 29.8 Å². The molecule has 6 heteroatoms. The van der Waals surface area contributed by atoms with Gasteiger partial charge in [0.2, 0.25) is 0 Å². The maximum absolute atomic E-state index is 12.1. The standard InChI is InChI=1S/C15H22N2O4/c1-4-17(5-2)13(15(20)21)10(3)16-14(19)11-6-8-12(18)9-7-11/h6-10,13,18H,4-5H2,1-3H3,(H,16,19)(H,20,21). The second kappa shape index (κ2) is 7.64. The summed E-state index contributed by atoms with van der Waals surface area (Å²) in [5.74, 6) is -1.25. The Hall–Kier alpha value is -2.08. The predicted octanol–water partition coefficient (Wildman–Crippen LogP) is 1.31. The van der Waals surface area contributed by atoms with Gasteiger partial charge in [0.05, 0.1) is 6.04 Å². The van der Waals surface area contributed by atoms with Crippen molar-refractivity contribution < 1.29 is 19.8 Å². The molecular formula is C15H22N2O4. The number of aliphatic carboxylic acids is 1. The molecule has 3 N–H and O–H groups in total. The van der Waals surface area contributed by atoms with Gasteiger partial charge in [-0.05, 0) is 44.3 Å². The minimum Gasteiger partial charge on any atom is -0.508 e. The largest absolute Gasteiger partial charge is 0.508 e. The molecule has 0 fully saturated rings. The number of likely N-dealkylation sites (N-methyl/N-ethyl adjacent to an activating group) is 1. The molecule has 0 aliphatic carbocycles. The molecule has 0 aliphatic heterocycles. The number of aromatic hydroxyl groups is 1. The van der Waals surface area contributed by atoms with Crippen LogP contribution < -0.4 is 5.32 Å². The Morgan fingerprint density at radius 1 is 1.19 bits per heavy atom. The molecule has 6 nitrogen and oxygen atoms in total. The van der Waals surface area contributed by atoms with Gasteiger partial charge in [0.25, 0.3) is 5.91 Å². The molecular weight excluding hydrogens is 272 g/mol. The SMILES string of the molecule is CCN(CC)C(C(=O)O)C(C)NC(=O)c1ccc(O)cc1. The third-order valence-corrected chi connectivity index (χ3v) is 3.42. The van der Waals surface area contributed by atoms with E-state index in [1.165, 1.54) is 24.3 Å². The number of carboxylic acids is 1. The van der Waals surface area contributed by atoms with Gasteiger partial charge in [-0.25, -0.2) is 0 Å². The van der Waals surface area contributed by atoms with Gasteiger partial charge in [-0.2, -0.15) is 0 Å². The summed E-state index contributed by atoms with van der Waals surface area (Å²) in [6, 6.07) is 4.50. The first-order valence-corrected chi connectivity index (χ1v) is 6.97. The van der Waals surface area contributed by atoms with Crippen molar-refractivity contribution in [2.75, 3.05) is 13.1 Å². The number of nitrogens with one attached hydrogen (secondary N) is 1. The van der Waals surface area contributed by atoms with Crippen molar-refractivity contribution >= 4 is 11.9 Å². The molecule has 0 heterocycles. The Bertz CT molecular complexity index is 483. The number of phenols is 1. The molecule has 0 bridgehead atoms. The van der Waals surface area contributed by atoms with Crippen LogP contribution in [0.3, 0.4) is 0 Å². The molecule has 21 heavy (non-hydrogen) atoms. The van der Waals surface area contributed by atoms with Crippen LogP contribution in [0.1, 0.15) is 31.1 Å². The molecule has 0 radical (unpaired) electrons. The number of hydrogen-bond donors (Lipinski definition) is 3. The first kappa shape index (κ1) is 17.0. The van der Waals surface area contributed by atoms with Gasteiger partial charge >= 0.3 is 5.97 Å². The highest BCUT2D eigenvalue weighted by molar-refractivity contribution is 5.94. The second-order valence-corrected chi connectivity index (χ2v) is 4.81. The van der Waals surface area contributed by atoms with Crippen molar-refractivity contribution in [2.24, 2.45) is 0 Å². The third-order valence-electron chi connectivity index (χ3n) is 3.42. The topological polar surface area (TPSA) is 89.9 Å². The van der Waals surface area contributed by atoms with Crippen LogP contribution in [-0.4, -0.2) is 52.2 Å². The number of benzene rings is 1. The summed E-state index contributed by atoms with van der Waals surface area (Å²) in [6.45, 7) is 6.62. The summed E-state index contributed by atoms with van der Waals surface area (Å²) in [6.07, 6.45) is 0. The van der Waals surface area contributed by atoms with Crippen LogP contribution in [0.4, 0.5) is 0 Å². The molecule has 2 atom stereocenters. The smallest absolute Gasteiger partial charge is 0.323 e. The fourth-order valence-corrected chi connectivity index (χ4v) is 2.29. The first-order chi connectivity index (χ1) is 9.90. The zero-order valence-electron chi connectivity index (χ0n) is 12.5. The molecule has 2 unspecified atom stereocenters. The first-order valence-electron chi connectivity index (χ1n) is 6.97. The van der Waals surface area contributed by atoms with E-state index < -0.39 is 18.1 Å². The Morgan fingerprint density at radius 3 is 2.14 bits per heavy atom. The molecule has 1 amide bonds. The van der Waals surface area contributed by atoms with Crippen molar-refractivity contribution in [3.63, 3.8) is 0 Å². The van der Waals surface area contributed by atoms with E-state index >= 15 is 0 Å². The van der Waals surface area contributed by atoms with Gasteiger partial charge in [-0.1, -0.05) is 13.8 Å². The Morgan fingerprint density at radius 2 is 1.71 bits per heavy atom. The Balaban J connectivity index is 2.81. The monoisotopic (exact) mass is 294 g/mol. The zero-order valence-corrected chi connectivity index (χ0v) is 12.5. The highest BCUT2D eigenvalue weighted by Crippen LogP contribution is 2.11. The molecule has 0 spiro atoms. The molecule has 0 saturated heterocycles. The molecule has 1 aromatic carbocycles. The van der Waals surface area contributed by atoms with Crippen molar-refractivity contribution in [3.8, 4) is 5.75 Å². The minimum atomic E-state index is -0.961. The van der Waals surface area contributed by atoms with Crippen LogP contribution in [0.25, 0.3) is 0 Å². The highest BCUT2D eigenvalue weighted by atomic mass is 16.4. The minimum absolute atomic E-state index is 0.0751. The average Bonchev–Trinajstić information content (AvgIpc) is 2.44. The Kier molecular flexibility index (Phi) is 6.17. The van der Waals surface area contributed by atoms with Crippen LogP contribution in [0.5, 0.6) is 5.75 Å². The van der Waals surface area contributed by atoms with Gasteiger partial charge in [-0.3, -0.25) is 14.5 Å². The van der Waals surface area contributed by atoms with Gasteiger partial charge in [0.15, 0.2) is 0 Å². The van der Waals surface area contributed by atoms with Crippen molar-refractivity contribution in [1.82, 2.24) is 10.2 Å². The fourth-order valence-electron chi connectivity index (χ4n) is 2.29. The molecule has 0 aromatic heterocycles. The lowest BCUT2D eigenvalue weighted by molar-refractivity contribution is -0.144. The number of amides is 1.